The molecule has 0 aliphatic heterocycles. The van der Waals surface area contributed by atoms with Crippen molar-refractivity contribution < 1.29 is 4.74 Å². The molecular formula is C10H8INO2. The lowest BCUT2D eigenvalue weighted by molar-refractivity contribution is 0.415. The average Bonchev–Trinajstić information content (AvgIpc) is 2.23. The zero-order valence-corrected chi connectivity index (χ0v) is 9.66. The number of pyridine rings is 1. The molecule has 0 amide bonds. The maximum Gasteiger partial charge on any atom is 0.202 e. The third-order valence-electron chi connectivity index (χ3n) is 2.04. The fraction of sp³-hybridized carbons (Fsp3) is 0.100. The number of hydrogen-bond acceptors (Lipinski definition) is 2. The molecule has 2 aromatic rings. The van der Waals surface area contributed by atoms with Gasteiger partial charge in [-0.3, -0.25) is 4.79 Å². The lowest BCUT2D eigenvalue weighted by atomic mass is 10.2. The predicted octanol–water partition coefficient (Wildman–Crippen LogP) is 2.14. The molecule has 1 heterocycles. The number of H-pyrrole nitrogens is 1. The van der Waals surface area contributed by atoms with E-state index in [-0.39, 0.29) is 5.43 Å². The molecule has 0 unspecified atom stereocenters. The molecule has 0 bridgehead atoms. The van der Waals surface area contributed by atoms with E-state index in [4.69, 9.17) is 4.74 Å². The van der Waals surface area contributed by atoms with Crippen LogP contribution in [0.5, 0.6) is 5.75 Å². The average molecular weight is 301 g/mol. The number of hydrogen-bond donors (Lipinski definition) is 1. The number of nitrogens with one attached hydrogen (secondary N) is 1. The van der Waals surface area contributed by atoms with Crippen LogP contribution in [0.2, 0.25) is 0 Å². The molecular weight excluding hydrogens is 293 g/mol. The molecule has 3 nitrogen and oxygen atoms in total. The van der Waals surface area contributed by atoms with Gasteiger partial charge in [0.15, 0.2) is 0 Å². The van der Waals surface area contributed by atoms with E-state index in [1.165, 1.54) is 0 Å². The number of benzene rings is 1. The molecule has 0 radical (unpaired) electrons. The van der Waals surface area contributed by atoms with Crippen molar-refractivity contribution in [1.29, 1.82) is 0 Å². The van der Waals surface area contributed by atoms with Crippen LogP contribution >= 0.6 is 22.6 Å². The Morgan fingerprint density at radius 2 is 2.21 bits per heavy atom. The summed E-state index contributed by atoms with van der Waals surface area (Å²) in [5, 5.41) is 0.663. The molecule has 0 atom stereocenters. The molecule has 0 spiro atoms. The predicted molar refractivity (Wildman–Crippen MR) is 63.8 cm³/mol. The Bertz CT molecular complexity index is 533. The first-order chi connectivity index (χ1) is 6.72. The normalized spacial score (nSPS) is 10.4. The van der Waals surface area contributed by atoms with E-state index >= 15 is 0 Å². The molecule has 1 N–H and O–H groups in total. The highest BCUT2D eigenvalue weighted by atomic mass is 127. The second-order valence-electron chi connectivity index (χ2n) is 2.88. The van der Waals surface area contributed by atoms with Gasteiger partial charge in [0.05, 0.1) is 16.1 Å². The van der Waals surface area contributed by atoms with Gasteiger partial charge in [0.1, 0.15) is 5.75 Å². The largest absolute Gasteiger partial charge is 0.497 e. The monoisotopic (exact) mass is 301 g/mol. The van der Waals surface area contributed by atoms with Gasteiger partial charge >= 0.3 is 0 Å². The van der Waals surface area contributed by atoms with Gasteiger partial charge in [-0.05, 0) is 40.8 Å². The summed E-state index contributed by atoms with van der Waals surface area (Å²) >= 11 is 2.01. The molecule has 14 heavy (non-hydrogen) atoms. The van der Waals surface area contributed by atoms with E-state index in [0.29, 0.717) is 14.7 Å². The van der Waals surface area contributed by atoms with E-state index in [1.54, 1.807) is 19.4 Å². The number of aromatic amines is 1. The summed E-state index contributed by atoms with van der Waals surface area (Å²) in [6, 6.07) is 5.41. The molecule has 0 aliphatic carbocycles. The summed E-state index contributed by atoms with van der Waals surface area (Å²) < 4.78 is 5.75. The van der Waals surface area contributed by atoms with Crippen LogP contribution in [0.15, 0.2) is 29.2 Å². The lowest BCUT2D eigenvalue weighted by Gasteiger charge is -2.02. The minimum Gasteiger partial charge on any atom is -0.497 e. The van der Waals surface area contributed by atoms with Crippen molar-refractivity contribution >= 4 is 33.5 Å². The van der Waals surface area contributed by atoms with Crippen molar-refractivity contribution in [1.82, 2.24) is 4.98 Å². The second-order valence-corrected chi connectivity index (χ2v) is 4.04. The summed E-state index contributed by atoms with van der Waals surface area (Å²) in [5.41, 5.74) is 0.870. The number of ether oxygens (including phenoxy) is 1. The summed E-state index contributed by atoms with van der Waals surface area (Å²) in [6.07, 6.45) is 1.71. The van der Waals surface area contributed by atoms with Crippen molar-refractivity contribution in [3.63, 3.8) is 0 Å². The molecule has 4 heteroatoms. The molecule has 72 valence electrons. The Morgan fingerprint density at radius 3 is 2.93 bits per heavy atom. The fourth-order valence-electron chi connectivity index (χ4n) is 1.30. The van der Waals surface area contributed by atoms with Gasteiger partial charge in [0.25, 0.3) is 0 Å². The first-order valence-electron chi connectivity index (χ1n) is 4.07. The highest BCUT2D eigenvalue weighted by molar-refractivity contribution is 14.1. The lowest BCUT2D eigenvalue weighted by Crippen LogP contribution is -2.06. The zero-order valence-electron chi connectivity index (χ0n) is 7.50. The van der Waals surface area contributed by atoms with E-state index < -0.39 is 0 Å². The van der Waals surface area contributed by atoms with Gasteiger partial charge in [0, 0.05) is 11.7 Å². The number of rotatable bonds is 1. The minimum atomic E-state index is 0.0400. The Morgan fingerprint density at radius 1 is 1.43 bits per heavy atom. The third-order valence-corrected chi connectivity index (χ3v) is 2.84. The zero-order chi connectivity index (χ0) is 10.1. The molecule has 0 aliphatic rings. The van der Waals surface area contributed by atoms with Crippen LogP contribution in [0.3, 0.4) is 0 Å². The second kappa shape index (κ2) is 3.61. The van der Waals surface area contributed by atoms with E-state index in [0.717, 1.165) is 5.52 Å². The van der Waals surface area contributed by atoms with E-state index in [9.17, 15) is 4.79 Å². The van der Waals surface area contributed by atoms with Gasteiger partial charge in [0.2, 0.25) is 5.43 Å². The Kier molecular flexibility index (Phi) is 2.45. The molecule has 2 rings (SSSR count). The van der Waals surface area contributed by atoms with E-state index in [2.05, 4.69) is 4.98 Å². The maximum absolute atomic E-state index is 11.7. The standard InChI is InChI=1S/C10H8INO2/c1-14-6-2-3-9-7(4-6)10(13)8(11)5-12-9/h2-5H,1H3,(H,12,13). The molecule has 1 aromatic heterocycles. The number of fused-ring (bicyclic) bond motifs is 1. The first kappa shape index (κ1) is 9.51. The van der Waals surface area contributed by atoms with Gasteiger partial charge in [-0.2, -0.15) is 0 Å². The van der Waals surface area contributed by atoms with Crippen molar-refractivity contribution in [2.24, 2.45) is 0 Å². The maximum atomic E-state index is 11.7. The van der Waals surface area contributed by atoms with Crippen molar-refractivity contribution in [2.45, 2.75) is 0 Å². The van der Waals surface area contributed by atoms with Crippen LogP contribution in [0, 0.1) is 3.57 Å². The van der Waals surface area contributed by atoms with Gasteiger partial charge in [-0.1, -0.05) is 0 Å². The molecule has 0 saturated carbocycles. The molecule has 1 aromatic carbocycles. The highest BCUT2D eigenvalue weighted by Gasteiger charge is 2.03. The van der Waals surface area contributed by atoms with Crippen molar-refractivity contribution in [3.8, 4) is 5.75 Å². The highest BCUT2D eigenvalue weighted by Crippen LogP contribution is 2.16. The number of halogens is 1. The van der Waals surface area contributed by atoms with Crippen LogP contribution in [-0.4, -0.2) is 12.1 Å². The van der Waals surface area contributed by atoms with Crippen LogP contribution in [0.1, 0.15) is 0 Å². The molecule has 0 saturated heterocycles. The Hall–Kier alpha value is -1.04. The third kappa shape index (κ3) is 1.50. The summed E-state index contributed by atoms with van der Waals surface area (Å²) in [4.78, 5) is 14.8. The smallest absolute Gasteiger partial charge is 0.202 e. The first-order valence-corrected chi connectivity index (χ1v) is 5.15. The van der Waals surface area contributed by atoms with Crippen LogP contribution in [-0.2, 0) is 0 Å². The summed E-state index contributed by atoms with van der Waals surface area (Å²) in [5.74, 6) is 0.699. The van der Waals surface area contributed by atoms with E-state index in [1.807, 2.05) is 34.7 Å². The van der Waals surface area contributed by atoms with Gasteiger partial charge < -0.3 is 9.72 Å². The minimum absolute atomic E-state index is 0.0400. The van der Waals surface area contributed by atoms with Crippen LogP contribution in [0.4, 0.5) is 0 Å². The number of methoxy groups -OCH3 is 1. The quantitative estimate of drug-likeness (QED) is 0.820. The number of aromatic nitrogens is 1. The van der Waals surface area contributed by atoms with Crippen LogP contribution in [0.25, 0.3) is 10.9 Å². The molecule has 0 fully saturated rings. The Labute approximate surface area is 94.2 Å². The summed E-state index contributed by atoms with van der Waals surface area (Å²) in [7, 11) is 1.59. The Balaban J connectivity index is 2.85. The van der Waals surface area contributed by atoms with Crippen LogP contribution < -0.4 is 10.2 Å². The van der Waals surface area contributed by atoms with Crippen molar-refractivity contribution in [3.05, 3.63) is 38.2 Å². The van der Waals surface area contributed by atoms with Gasteiger partial charge in [-0.25, -0.2) is 0 Å². The summed E-state index contributed by atoms with van der Waals surface area (Å²) in [6.45, 7) is 0. The topological polar surface area (TPSA) is 42.1 Å². The fourth-order valence-corrected chi connectivity index (χ4v) is 1.75. The van der Waals surface area contributed by atoms with Gasteiger partial charge in [-0.15, -0.1) is 0 Å². The van der Waals surface area contributed by atoms with Crippen molar-refractivity contribution in [2.75, 3.05) is 7.11 Å². The SMILES string of the molecule is COc1ccc2[nH]cc(I)c(=O)c2c1.